The summed E-state index contributed by atoms with van der Waals surface area (Å²) in [6.07, 6.45) is 3.38. The van der Waals surface area contributed by atoms with E-state index in [1.165, 1.54) is 6.20 Å². The molecule has 0 aromatic carbocycles. The van der Waals surface area contributed by atoms with Gasteiger partial charge in [0.05, 0.1) is 25.3 Å². The maximum absolute atomic E-state index is 12.4. The number of amides is 1. The highest BCUT2D eigenvalue weighted by Gasteiger charge is 2.29. The molecular weight excluding hydrogens is 336 g/mol. The molecule has 1 aliphatic rings. The van der Waals surface area contributed by atoms with Gasteiger partial charge in [-0.1, -0.05) is 0 Å². The van der Waals surface area contributed by atoms with E-state index in [1.54, 1.807) is 13.1 Å². The Kier molecular flexibility index (Phi) is 5.62. The normalized spacial score (nSPS) is 19.8. The van der Waals surface area contributed by atoms with Crippen LogP contribution in [0.5, 0.6) is 5.75 Å². The quantitative estimate of drug-likeness (QED) is 0.814. The fraction of sp³-hybridized carbons (Fsp3) is 0.444. The smallest absolute Gasteiger partial charge is 0.254 e. The zero-order chi connectivity index (χ0) is 18.5. The van der Waals surface area contributed by atoms with Crippen molar-refractivity contribution in [1.29, 1.82) is 0 Å². The minimum absolute atomic E-state index is 0.0290. The van der Waals surface area contributed by atoms with Crippen molar-refractivity contribution in [3.8, 4) is 5.75 Å². The van der Waals surface area contributed by atoms with Crippen LogP contribution in [-0.4, -0.2) is 46.2 Å². The molecular formula is C18H22N4O4. The number of aromatic nitrogens is 3. The molecule has 2 N–H and O–H groups in total. The Bertz CT molecular complexity index is 819. The fourth-order valence-electron chi connectivity index (χ4n) is 2.76. The summed E-state index contributed by atoms with van der Waals surface area (Å²) in [5, 5.41) is 2.95. The zero-order valence-corrected chi connectivity index (χ0v) is 14.8. The van der Waals surface area contributed by atoms with Gasteiger partial charge in [0.2, 0.25) is 5.91 Å². The summed E-state index contributed by atoms with van der Waals surface area (Å²) in [6.45, 7) is 4.52. The standard InChI is InChI=1S/C18H22N4O4/c1-11-3-4-14(9-19-11)26-16-10-25-6-5-15(16)22-17(23)7-13-8-20-12(2)21-18(13)24/h3-4,8-9,15-16H,5-7,10H2,1-2H3,(H,22,23)(H,20,21,24)/t15-,16+/m1/s1. The Morgan fingerprint density at radius 1 is 1.35 bits per heavy atom. The van der Waals surface area contributed by atoms with Gasteiger partial charge in [-0.3, -0.25) is 14.6 Å². The Labute approximate surface area is 151 Å². The van der Waals surface area contributed by atoms with E-state index in [-0.39, 0.29) is 30.0 Å². The first-order chi connectivity index (χ1) is 12.5. The number of hydrogen-bond acceptors (Lipinski definition) is 6. The molecule has 0 bridgehead atoms. The highest BCUT2D eigenvalue weighted by atomic mass is 16.5. The lowest BCUT2D eigenvalue weighted by Crippen LogP contribution is -2.51. The van der Waals surface area contributed by atoms with Crippen LogP contribution in [0.4, 0.5) is 0 Å². The SMILES string of the molecule is Cc1ccc(O[C@H]2COCC[C@H]2NC(=O)Cc2cnc(C)[nH]c2=O)cn1. The number of pyridine rings is 1. The van der Waals surface area contributed by atoms with Crippen LogP contribution in [0.2, 0.25) is 0 Å². The number of ether oxygens (including phenoxy) is 2. The van der Waals surface area contributed by atoms with Gasteiger partial charge in [0.1, 0.15) is 17.7 Å². The number of aromatic amines is 1. The molecule has 1 fully saturated rings. The van der Waals surface area contributed by atoms with Crippen molar-refractivity contribution in [1.82, 2.24) is 20.3 Å². The Balaban J connectivity index is 1.63. The number of rotatable bonds is 5. The van der Waals surface area contributed by atoms with Gasteiger partial charge in [-0.2, -0.15) is 0 Å². The number of H-pyrrole nitrogens is 1. The lowest BCUT2D eigenvalue weighted by atomic mass is 10.1. The second kappa shape index (κ2) is 8.09. The molecule has 3 rings (SSSR count). The summed E-state index contributed by atoms with van der Waals surface area (Å²) >= 11 is 0. The summed E-state index contributed by atoms with van der Waals surface area (Å²) in [7, 11) is 0. The van der Waals surface area contributed by atoms with Crippen LogP contribution < -0.4 is 15.6 Å². The second-order valence-corrected chi connectivity index (χ2v) is 6.33. The largest absolute Gasteiger partial charge is 0.484 e. The molecule has 0 unspecified atom stereocenters. The first-order valence-corrected chi connectivity index (χ1v) is 8.52. The molecule has 8 heteroatoms. The molecule has 8 nitrogen and oxygen atoms in total. The molecule has 2 atom stereocenters. The summed E-state index contributed by atoms with van der Waals surface area (Å²) in [4.78, 5) is 35.1. The van der Waals surface area contributed by atoms with Crippen LogP contribution in [0.15, 0.2) is 29.3 Å². The van der Waals surface area contributed by atoms with Crippen LogP contribution in [0.25, 0.3) is 0 Å². The highest BCUT2D eigenvalue weighted by Crippen LogP contribution is 2.17. The predicted molar refractivity (Wildman–Crippen MR) is 94.1 cm³/mol. The van der Waals surface area contributed by atoms with E-state index in [0.29, 0.717) is 36.8 Å². The fourth-order valence-corrected chi connectivity index (χ4v) is 2.76. The minimum atomic E-state index is -0.313. The van der Waals surface area contributed by atoms with E-state index in [1.807, 2.05) is 19.1 Å². The third-order valence-electron chi connectivity index (χ3n) is 4.17. The van der Waals surface area contributed by atoms with Gasteiger partial charge in [0.15, 0.2) is 0 Å². The number of nitrogens with zero attached hydrogens (tertiary/aromatic N) is 2. The van der Waals surface area contributed by atoms with Crippen LogP contribution in [-0.2, 0) is 16.0 Å². The average molecular weight is 358 g/mol. The number of aryl methyl sites for hydroxylation is 2. The van der Waals surface area contributed by atoms with Crippen molar-refractivity contribution in [3.63, 3.8) is 0 Å². The summed E-state index contributed by atoms with van der Waals surface area (Å²) in [6, 6.07) is 3.51. The van der Waals surface area contributed by atoms with Crippen molar-refractivity contribution in [2.45, 2.75) is 38.8 Å². The predicted octanol–water partition coefficient (Wildman–Crippen LogP) is 0.677. The molecule has 1 aliphatic heterocycles. The number of nitrogens with one attached hydrogen (secondary N) is 2. The molecule has 3 heterocycles. The molecule has 0 spiro atoms. The third kappa shape index (κ3) is 4.66. The van der Waals surface area contributed by atoms with Gasteiger partial charge < -0.3 is 19.8 Å². The van der Waals surface area contributed by atoms with Crippen LogP contribution >= 0.6 is 0 Å². The lowest BCUT2D eigenvalue weighted by molar-refractivity contribution is -0.123. The van der Waals surface area contributed by atoms with E-state index in [2.05, 4.69) is 20.3 Å². The van der Waals surface area contributed by atoms with Crippen molar-refractivity contribution in [2.75, 3.05) is 13.2 Å². The third-order valence-corrected chi connectivity index (χ3v) is 4.17. The summed E-state index contributed by atoms with van der Waals surface area (Å²) in [5.41, 5.74) is 0.942. The van der Waals surface area contributed by atoms with E-state index in [4.69, 9.17) is 9.47 Å². The number of hydrogen-bond donors (Lipinski definition) is 2. The topological polar surface area (TPSA) is 106 Å². The van der Waals surface area contributed by atoms with Gasteiger partial charge >= 0.3 is 0 Å². The van der Waals surface area contributed by atoms with Gasteiger partial charge in [-0.05, 0) is 32.4 Å². The van der Waals surface area contributed by atoms with E-state index >= 15 is 0 Å². The zero-order valence-electron chi connectivity index (χ0n) is 14.8. The maximum atomic E-state index is 12.4. The van der Waals surface area contributed by atoms with E-state index in [9.17, 15) is 9.59 Å². The summed E-state index contributed by atoms with van der Waals surface area (Å²) in [5.74, 6) is 0.900. The molecule has 1 saturated heterocycles. The molecule has 138 valence electrons. The van der Waals surface area contributed by atoms with Crippen molar-refractivity contribution in [3.05, 3.63) is 52.0 Å². The Hall–Kier alpha value is -2.74. The molecule has 0 radical (unpaired) electrons. The molecule has 0 aliphatic carbocycles. The van der Waals surface area contributed by atoms with Gasteiger partial charge in [0, 0.05) is 24.1 Å². The number of carbonyl (C=O) groups is 1. The molecule has 26 heavy (non-hydrogen) atoms. The first kappa shape index (κ1) is 18.1. The number of carbonyl (C=O) groups excluding carboxylic acids is 1. The molecule has 0 saturated carbocycles. The van der Waals surface area contributed by atoms with E-state index < -0.39 is 0 Å². The van der Waals surface area contributed by atoms with Gasteiger partial charge in [-0.15, -0.1) is 0 Å². The minimum Gasteiger partial charge on any atom is -0.484 e. The van der Waals surface area contributed by atoms with Crippen LogP contribution in [0, 0.1) is 13.8 Å². The van der Waals surface area contributed by atoms with E-state index in [0.717, 1.165) is 5.69 Å². The lowest BCUT2D eigenvalue weighted by Gasteiger charge is -2.32. The van der Waals surface area contributed by atoms with Gasteiger partial charge in [0.25, 0.3) is 5.56 Å². The van der Waals surface area contributed by atoms with Crippen molar-refractivity contribution in [2.24, 2.45) is 0 Å². The van der Waals surface area contributed by atoms with Crippen molar-refractivity contribution < 1.29 is 14.3 Å². The van der Waals surface area contributed by atoms with Crippen molar-refractivity contribution >= 4 is 5.91 Å². The molecule has 1 amide bonds. The first-order valence-electron chi connectivity index (χ1n) is 8.52. The molecule has 2 aromatic heterocycles. The maximum Gasteiger partial charge on any atom is 0.254 e. The average Bonchev–Trinajstić information content (AvgIpc) is 2.61. The Morgan fingerprint density at radius 2 is 2.19 bits per heavy atom. The second-order valence-electron chi connectivity index (χ2n) is 6.33. The molecule has 2 aromatic rings. The van der Waals surface area contributed by atoms with Crippen LogP contribution in [0.1, 0.15) is 23.5 Å². The summed E-state index contributed by atoms with van der Waals surface area (Å²) < 4.78 is 11.4. The Morgan fingerprint density at radius 3 is 2.92 bits per heavy atom. The monoisotopic (exact) mass is 358 g/mol. The highest BCUT2D eigenvalue weighted by molar-refractivity contribution is 5.78. The van der Waals surface area contributed by atoms with Crippen LogP contribution in [0.3, 0.4) is 0 Å². The van der Waals surface area contributed by atoms with Gasteiger partial charge in [-0.25, -0.2) is 4.98 Å².